The third-order valence-electron chi connectivity index (χ3n) is 2.66. The number of amides is 1. The smallest absolute Gasteiger partial charge is 0.331 e. The number of phenols is 1. The van der Waals surface area contributed by atoms with Crippen molar-refractivity contribution >= 4 is 35.0 Å². The van der Waals surface area contributed by atoms with Crippen LogP contribution in [-0.4, -0.2) is 42.6 Å². The van der Waals surface area contributed by atoms with Gasteiger partial charge in [0.15, 0.2) is 5.17 Å². The average Bonchev–Trinajstić information content (AvgIpc) is 2.88. The van der Waals surface area contributed by atoms with Crippen molar-refractivity contribution < 1.29 is 24.2 Å². The van der Waals surface area contributed by atoms with Crippen LogP contribution >= 0.6 is 11.8 Å². The fourth-order valence-electron chi connectivity index (χ4n) is 1.59. The predicted octanol–water partition coefficient (Wildman–Crippen LogP) is 1.01. The summed E-state index contributed by atoms with van der Waals surface area (Å²) in [6.07, 6.45) is 2.50. The minimum absolute atomic E-state index is 0.0708. The molecular weight excluding hydrogens is 322 g/mol. The number of thioether (sulfide) groups is 1. The number of methoxy groups -OCH3 is 2. The molecule has 1 aromatic rings. The molecule has 0 spiro atoms. The molecule has 0 aliphatic carbocycles. The molecule has 2 N–H and O–H groups in total. The lowest BCUT2D eigenvalue weighted by atomic mass is 10.2. The van der Waals surface area contributed by atoms with E-state index in [1.54, 1.807) is 6.07 Å². The fraction of sp³-hybridized carbons (Fsp3) is 0.143. The Balaban J connectivity index is 2.11. The summed E-state index contributed by atoms with van der Waals surface area (Å²) in [6.45, 7) is 0. The number of amidine groups is 1. The normalized spacial score (nSPS) is 17.7. The summed E-state index contributed by atoms with van der Waals surface area (Å²) in [6, 6.07) is 4.54. The topological polar surface area (TPSA) is 110 Å². The van der Waals surface area contributed by atoms with E-state index < -0.39 is 11.9 Å². The minimum atomic E-state index is -0.624. The number of carbonyl (C=O) groups excluding carboxylic acids is 2. The highest BCUT2D eigenvalue weighted by molar-refractivity contribution is 8.18. The van der Waals surface area contributed by atoms with E-state index in [9.17, 15) is 14.7 Å². The molecule has 0 radical (unpaired) electrons. The van der Waals surface area contributed by atoms with Crippen molar-refractivity contribution in [1.82, 2.24) is 5.32 Å². The van der Waals surface area contributed by atoms with Crippen LogP contribution in [0.15, 0.2) is 39.4 Å². The Bertz CT molecular complexity index is 727. The van der Waals surface area contributed by atoms with Crippen LogP contribution in [0.5, 0.6) is 11.5 Å². The van der Waals surface area contributed by atoms with E-state index in [4.69, 9.17) is 4.74 Å². The van der Waals surface area contributed by atoms with Crippen LogP contribution in [0.2, 0.25) is 0 Å². The SMILES string of the molecule is COC(=O)/C=C1/S/C(=N\N=Cc2ccc(O)cc2OC)NC1=O. The second kappa shape index (κ2) is 7.45. The Morgan fingerprint density at radius 3 is 2.87 bits per heavy atom. The highest BCUT2D eigenvalue weighted by Gasteiger charge is 2.24. The summed E-state index contributed by atoms with van der Waals surface area (Å²) in [5, 5.41) is 19.8. The number of aromatic hydroxyl groups is 1. The van der Waals surface area contributed by atoms with Gasteiger partial charge in [0.05, 0.1) is 25.3 Å². The number of ether oxygens (including phenoxy) is 2. The first-order valence-electron chi connectivity index (χ1n) is 6.30. The van der Waals surface area contributed by atoms with Crippen molar-refractivity contribution in [3.8, 4) is 11.5 Å². The number of nitrogens with zero attached hydrogens (tertiary/aromatic N) is 2. The number of esters is 1. The number of benzene rings is 1. The summed E-state index contributed by atoms with van der Waals surface area (Å²) >= 11 is 0.975. The van der Waals surface area contributed by atoms with Crippen molar-refractivity contribution in [3.05, 3.63) is 34.7 Å². The molecule has 1 aromatic carbocycles. The van der Waals surface area contributed by atoms with E-state index in [0.29, 0.717) is 11.3 Å². The lowest BCUT2D eigenvalue weighted by molar-refractivity contribution is -0.135. The maximum atomic E-state index is 11.6. The largest absolute Gasteiger partial charge is 0.508 e. The van der Waals surface area contributed by atoms with Crippen LogP contribution in [0, 0.1) is 0 Å². The summed E-state index contributed by atoms with van der Waals surface area (Å²) < 4.78 is 9.56. The molecule has 9 heteroatoms. The molecule has 2 rings (SSSR count). The van der Waals surface area contributed by atoms with E-state index in [-0.39, 0.29) is 15.8 Å². The zero-order valence-electron chi connectivity index (χ0n) is 12.3. The number of carbonyl (C=O) groups is 2. The third kappa shape index (κ3) is 4.33. The molecular formula is C14H13N3O5S. The zero-order valence-corrected chi connectivity index (χ0v) is 13.1. The maximum Gasteiger partial charge on any atom is 0.331 e. The summed E-state index contributed by atoms with van der Waals surface area (Å²) in [5.41, 5.74) is 0.606. The van der Waals surface area contributed by atoms with Gasteiger partial charge in [-0.05, 0) is 23.9 Å². The van der Waals surface area contributed by atoms with Crippen molar-refractivity contribution in [1.29, 1.82) is 0 Å². The molecule has 1 fully saturated rings. The van der Waals surface area contributed by atoms with Gasteiger partial charge in [0.25, 0.3) is 5.91 Å². The summed E-state index contributed by atoms with van der Waals surface area (Å²) in [5.74, 6) is -0.567. The molecule has 8 nitrogen and oxygen atoms in total. The summed E-state index contributed by atoms with van der Waals surface area (Å²) in [4.78, 5) is 22.9. The molecule has 1 saturated heterocycles. The minimum Gasteiger partial charge on any atom is -0.508 e. The van der Waals surface area contributed by atoms with Gasteiger partial charge in [-0.3, -0.25) is 10.1 Å². The van der Waals surface area contributed by atoms with E-state index in [0.717, 1.165) is 17.8 Å². The Morgan fingerprint density at radius 1 is 1.39 bits per heavy atom. The van der Waals surface area contributed by atoms with Crippen LogP contribution in [0.1, 0.15) is 5.56 Å². The van der Waals surface area contributed by atoms with Crippen molar-refractivity contribution in [2.24, 2.45) is 10.2 Å². The van der Waals surface area contributed by atoms with Crippen LogP contribution in [0.3, 0.4) is 0 Å². The second-order valence-electron chi connectivity index (χ2n) is 4.16. The molecule has 1 aliphatic heterocycles. The van der Waals surface area contributed by atoms with Gasteiger partial charge in [-0.2, -0.15) is 5.10 Å². The quantitative estimate of drug-likeness (QED) is 0.368. The number of phenolic OH excluding ortho intramolecular Hbond substituents is 1. The third-order valence-corrected chi connectivity index (χ3v) is 3.56. The fourth-order valence-corrected chi connectivity index (χ4v) is 2.33. The molecule has 1 amide bonds. The highest BCUT2D eigenvalue weighted by Crippen LogP contribution is 2.24. The first-order chi connectivity index (χ1) is 11.0. The van der Waals surface area contributed by atoms with Crippen LogP contribution in [0.25, 0.3) is 0 Å². The molecule has 1 heterocycles. The van der Waals surface area contributed by atoms with Crippen molar-refractivity contribution in [2.45, 2.75) is 0 Å². The van der Waals surface area contributed by atoms with Crippen LogP contribution in [-0.2, 0) is 14.3 Å². The molecule has 1 aliphatic rings. The zero-order chi connectivity index (χ0) is 16.8. The molecule has 0 unspecified atom stereocenters. The number of rotatable bonds is 4. The van der Waals surface area contributed by atoms with E-state index >= 15 is 0 Å². The van der Waals surface area contributed by atoms with Crippen molar-refractivity contribution in [3.63, 3.8) is 0 Å². The first-order valence-corrected chi connectivity index (χ1v) is 7.12. The Kier molecular flexibility index (Phi) is 5.36. The first kappa shape index (κ1) is 16.6. The predicted molar refractivity (Wildman–Crippen MR) is 85.5 cm³/mol. The lowest BCUT2D eigenvalue weighted by Gasteiger charge is -2.03. The number of nitrogens with one attached hydrogen (secondary N) is 1. The maximum absolute atomic E-state index is 11.6. The summed E-state index contributed by atoms with van der Waals surface area (Å²) in [7, 11) is 2.69. The van der Waals surface area contributed by atoms with Gasteiger partial charge >= 0.3 is 5.97 Å². The number of hydrogen-bond acceptors (Lipinski definition) is 8. The van der Waals surface area contributed by atoms with E-state index in [1.165, 1.54) is 32.6 Å². The molecule has 0 atom stereocenters. The standard InChI is InChI=1S/C14H13N3O5S/c1-21-10-5-9(18)4-3-8(10)7-15-17-14-16-13(20)11(23-14)6-12(19)22-2/h3-7,18H,1-2H3,(H,16,17,20)/b11-6+,15-7?. The van der Waals surface area contributed by atoms with Gasteiger partial charge in [-0.1, -0.05) is 0 Å². The van der Waals surface area contributed by atoms with Gasteiger partial charge in [-0.15, -0.1) is 5.10 Å². The van der Waals surface area contributed by atoms with Gasteiger partial charge < -0.3 is 14.6 Å². The Labute approximate surface area is 135 Å². The average molecular weight is 335 g/mol. The van der Waals surface area contributed by atoms with Gasteiger partial charge in [0, 0.05) is 17.7 Å². The van der Waals surface area contributed by atoms with Crippen LogP contribution in [0.4, 0.5) is 0 Å². The van der Waals surface area contributed by atoms with E-state index in [1.807, 2.05) is 0 Å². The van der Waals surface area contributed by atoms with Gasteiger partial charge in [0.1, 0.15) is 11.5 Å². The number of hydrogen-bond donors (Lipinski definition) is 2. The molecule has 0 saturated carbocycles. The van der Waals surface area contributed by atoms with E-state index in [2.05, 4.69) is 20.3 Å². The Morgan fingerprint density at radius 2 is 2.17 bits per heavy atom. The highest BCUT2D eigenvalue weighted by atomic mass is 32.2. The molecule has 0 bridgehead atoms. The monoisotopic (exact) mass is 335 g/mol. The Hall–Kier alpha value is -2.81. The van der Waals surface area contributed by atoms with Gasteiger partial charge in [0.2, 0.25) is 0 Å². The van der Waals surface area contributed by atoms with Crippen molar-refractivity contribution in [2.75, 3.05) is 14.2 Å². The molecule has 0 aromatic heterocycles. The van der Waals surface area contributed by atoms with Crippen LogP contribution < -0.4 is 10.1 Å². The molecule has 23 heavy (non-hydrogen) atoms. The van der Waals surface area contributed by atoms with Gasteiger partial charge in [-0.25, -0.2) is 4.79 Å². The second-order valence-corrected chi connectivity index (χ2v) is 5.19. The molecule has 120 valence electrons. The lowest BCUT2D eigenvalue weighted by Crippen LogP contribution is -2.19.